The standard InChI is InChI=1S/C25H21F7N2O/c1-3-25(4-2,13-33-16-9-5-14(26)6-10-16)34(17-11-7-15(27)8-12-17)24(35)18-19(28)21(30)23(32)22(31)20(18)29/h5-12,33H,3-4,13H2,1-2H3. The van der Waals surface area contributed by atoms with Crippen molar-refractivity contribution in [3.05, 3.63) is 94.8 Å². The summed E-state index contributed by atoms with van der Waals surface area (Å²) in [7, 11) is 0. The van der Waals surface area contributed by atoms with Crippen LogP contribution in [0.3, 0.4) is 0 Å². The van der Waals surface area contributed by atoms with Crippen LogP contribution in [0.15, 0.2) is 48.5 Å². The average molecular weight is 498 g/mol. The van der Waals surface area contributed by atoms with Gasteiger partial charge in [0, 0.05) is 17.9 Å². The van der Waals surface area contributed by atoms with Crippen LogP contribution in [-0.2, 0) is 0 Å². The molecule has 186 valence electrons. The third-order valence-electron chi connectivity index (χ3n) is 5.97. The molecule has 1 amide bonds. The molecule has 10 heteroatoms. The van der Waals surface area contributed by atoms with E-state index in [4.69, 9.17) is 0 Å². The molecule has 0 aromatic heterocycles. The SMILES string of the molecule is CCC(CC)(CNc1ccc(F)cc1)N(C(=O)c1c(F)c(F)c(F)c(F)c1F)c1ccc(F)cc1. The van der Waals surface area contributed by atoms with Crippen LogP contribution in [0.5, 0.6) is 0 Å². The highest BCUT2D eigenvalue weighted by atomic mass is 19.2. The predicted molar refractivity (Wildman–Crippen MR) is 118 cm³/mol. The summed E-state index contributed by atoms with van der Waals surface area (Å²) in [6.45, 7) is 3.28. The third-order valence-corrected chi connectivity index (χ3v) is 5.97. The average Bonchev–Trinajstić information content (AvgIpc) is 2.86. The minimum Gasteiger partial charge on any atom is -0.383 e. The Hall–Kier alpha value is -3.56. The van der Waals surface area contributed by atoms with Crippen LogP contribution in [0.2, 0.25) is 0 Å². The molecule has 0 aliphatic heterocycles. The first-order chi connectivity index (χ1) is 16.6. The van der Waals surface area contributed by atoms with Crippen molar-refractivity contribution in [1.29, 1.82) is 0 Å². The predicted octanol–water partition coefficient (Wildman–Crippen LogP) is 6.98. The van der Waals surface area contributed by atoms with Crippen molar-refractivity contribution >= 4 is 17.3 Å². The maximum atomic E-state index is 14.6. The molecule has 0 atom stereocenters. The lowest BCUT2D eigenvalue weighted by atomic mass is 9.88. The van der Waals surface area contributed by atoms with Gasteiger partial charge in [-0.25, -0.2) is 30.7 Å². The van der Waals surface area contributed by atoms with E-state index in [1.807, 2.05) is 0 Å². The highest BCUT2D eigenvalue weighted by Gasteiger charge is 2.42. The van der Waals surface area contributed by atoms with Crippen molar-refractivity contribution < 1.29 is 35.5 Å². The van der Waals surface area contributed by atoms with Gasteiger partial charge >= 0.3 is 0 Å². The first-order valence-electron chi connectivity index (χ1n) is 10.7. The number of carbonyl (C=O) groups is 1. The minimum absolute atomic E-state index is 0.0232. The van der Waals surface area contributed by atoms with E-state index in [0.29, 0.717) is 5.69 Å². The molecular formula is C25H21F7N2O. The zero-order valence-corrected chi connectivity index (χ0v) is 18.7. The van der Waals surface area contributed by atoms with Crippen molar-refractivity contribution in [2.24, 2.45) is 0 Å². The second-order valence-electron chi connectivity index (χ2n) is 7.85. The Balaban J connectivity index is 2.17. The topological polar surface area (TPSA) is 32.3 Å². The highest BCUT2D eigenvalue weighted by molar-refractivity contribution is 6.07. The molecule has 35 heavy (non-hydrogen) atoms. The summed E-state index contributed by atoms with van der Waals surface area (Å²) in [6, 6.07) is 9.57. The van der Waals surface area contributed by atoms with Crippen LogP contribution in [0.4, 0.5) is 42.1 Å². The van der Waals surface area contributed by atoms with Crippen LogP contribution in [0.25, 0.3) is 0 Å². The molecule has 0 aliphatic rings. The van der Waals surface area contributed by atoms with Crippen LogP contribution in [-0.4, -0.2) is 18.0 Å². The molecule has 3 rings (SSSR count). The summed E-state index contributed by atoms with van der Waals surface area (Å²) < 4.78 is 97.5. The number of halogens is 7. The van der Waals surface area contributed by atoms with E-state index in [1.165, 1.54) is 24.3 Å². The number of anilines is 2. The van der Waals surface area contributed by atoms with E-state index in [9.17, 15) is 35.5 Å². The minimum atomic E-state index is -2.39. The molecule has 0 unspecified atom stereocenters. The van der Waals surface area contributed by atoms with Gasteiger partial charge in [0.2, 0.25) is 5.82 Å². The smallest absolute Gasteiger partial charge is 0.265 e. The largest absolute Gasteiger partial charge is 0.383 e. The molecule has 3 aromatic rings. The Bertz CT molecular complexity index is 1180. The third kappa shape index (κ3) is 4.96. The molecule has 0 heterocycles. The Kier molecular flexibility index (Phi) is 7.72. The highest BCUT2D eigenvalue weighted by Crippen LogP contribution is 2.35. The van der Waals surface area contributed by atoms with E-state index in [2.05, 4.69) is 5.32 Å². The van der Waals surface area contributed by atoms with Gasteiger partial charge in [-0.2, -0.15) is 0 Å². The number of hydrogen-bond donors (Lipinski definition) is 1. The summed E-state index contributed by atoms with van der Waals surface area (Å²) >= 11 is 0. The molecule has 0 saturated heterocycles. The monoisotopic (exact) mass is 498 g/mol. The first-order valence-corrected chi connectivity index (χ1v) is 10.7. The van der Waals surface area contributed by atoms with Crippen molar-refractivity contribution in [3.8, 4) is 0 Å². The second kappa shape index (κ2) is 10.4. The van der Waals surface area contributed by atoms with Gasteiger partial charge in [0.25, 0.3) is 5.91 Å². The second-order valence-corrected chi connectivity index (χ2v) is 7.85. The zero-order valence-electron chi connectivity index (χ0n) is 18.7. The Morgan fingerprint density at radius 1 is 0.714 bits per heavy atom. The Morgan fingerprint density at radius 2 is 1.14 bits per heavy atom. The summed E-state index contributed by atoms with van der Waals surface area (Å²) in [5.74, 6) is -14.1. The maximum Gasteiger partial charge on any atom is 0.265 e. The van der Waals surface area contributed by atoms with E-state index in [1.54, 1.807) is 13.8 Å². The molecule has 0 aliphatic carbocycles. The van der Waals surface area contributed by atoms with E-state index >= 15 is 0 Å². The Labute approximate surface area is 197 Å². The van der Waals surface area contributed by atoms with E-state index in [-0.39, 0.29) is 25.1 Å². The number of nitrogens with zero attached hydrogens (tertiary/aromatic N) is 1. The number of hydrogen-bond acceptors (Lipinski definition) is 2. The molecular weight excluding hydrogens is 477 g/mol. The lowest BCUT2D eigenvalue weighted by Gasteiger charge is -2.43. The summed E-state index contributed by atoms with van der Waals surface area (Å²) in [6.07, 6.45) is 0.326. The molecule has 0 bridgehead atoms. The fourth-order valence-electron chi connectivity index (χ4n) is 3.83. The first kappa shape index (κ1) is 26.1. The quantitative estimate of drug-likeness (QED) is 0.207. The molecule has 0 saturated carbocycles. The fourth-order valence-corrected chi connectivity index (χ4v) is 3.83. The normalized spacial score (nSPS) is 11.5. The Morgan fingerprint density at radius 3 is 1.60 bits per heavy atom. The zero-order chi connectivity index (χ0) is 25.9. The molecule has 0 radical (unpaired) electrons. The summed E-state index contributed by atoms with van der Waals surface area (Å²) in [4.78, 5) is 14.4. The van der Waals surface area contributed by atoms with Gasteiger partial charge in [-0.3, -0.25) is 4.79 Å². The summed E-state index contributed by atoms with van der Waals surface area (Å²) in [5.41, 5.74) is -2.46. The molecule has 1 N–H and O–H groups in total. The van der Waals surface area contributed by atoms with Crippen molar-refractivity contribution in [1.82, 2.24) is 0 Å². The van der Waals surface area contributed by atoms with E-state index in [0.717, 1.165) is 29.2 Å². The van der Waals surface area contributed by atoms with Crippen LogP contribution in [0, 0.1) is 40.7 Å². The number of rotatable bonds is 8. The van der Waals surface area contributed by atoms with Crippen molar-refractivity contribution in [2.45, 2.75) is 32.2 Å². The lowest BCUT2D eigenvalue weighted by Crippen LogP contribution is -2.56. The van der Waals surface area contributed by atoms with Crippen LogP contribution in [0.1, 0.15) is 37.0 Å². The number of benzene rings is 3. The van der Waals surface area contributed by atoms with Crippen LogP contribution >= 0.6 is 0 Å². The molecule has 0 spiro atoms. The van der Waals surface area contributed by atoms with E-state index < -0.39 is 57.7 Å². The lowest BCUT2D eigenvalue weighted by molar-refractivity contribution is 0.0941. The van der Waals surface area contributed by atoms with Gasteiger partial charge in [0.15, 0.2) is 23.3 Å². The van der Waals surface area contributed by atoms with Gasteiger partial charge in [-0.05, 0) is 61.4 Å². The van der Waals surface area contributed by atoms with Gasteiger partial charge < -0.3 is 10.2 Å². The summed E-state index contributed by atoms with van der Waals surface area (Å²) in [5, 5.41) is 3.01. The van der Waals surface area contributed by atoms with Crippen molar-refractivity contribution in [3.63, 3.8) is 0 Å². The molecule has 3 nitrogen and oxygen atoms in total. The fraction of sp³-hybridized carbons (Fsp3) is 0.240. The molecule has 3 aromatic carbocycles. The van der Waals surface area contributed by atoms with Gasteiger partial charge in [0.1, 0.15) is 17.2 Å². The maximum absolute atomic E-state index is 14.6. The molecule has 0 fully saturated rings. The van der Waals surface area contributed by atoms with Crippen molar-refractivity contribution in [2.75, 3.05) is 16.8 Å². The van der Waals surface area contributed by atoms with Gasteiger partial charge in [-0.15, -0.1) is 0 Å². The van der Waals surface area contributed by atoms with Crippen LogP contribution < -0.4 is 10.2 Å². The van der Waals surface area contributed by atoms with Gasteiger partial charge in [0.05, 0.1) is 5.54 Å². The number of amides is 1. The van der Waals surface area contributed by atoms with Gasteiger partial charge in [-0.1, -0.05) is 13.8 Å². The number of nitrogens with one attached hydrogen (secondary N) is 1. The number of carbonyl (C=O) groups excluding carboxylic acids is 1.